The summed E-state index contributed by atoms with van der Waals surface area (Å²) >= 11 is 3.40. The van der Waals surface area contributed by atoms with Gasteiger partial charge in [0.25, 0.3) is 5.91 Å². The highest BCUT2D eigenvalue weighted by Crippen LogP contribution is 2.14. The van der Waals surface area contributed by atoms with Gasteiger partial charge in [0.2, 0.25) is 5.91 Å². The van der Waals surface area contributed by atoms with Gasteiger partial charge in [-0.15, -0.1) is 0 Å². The van der Waals surface area contributed by atoms with Crippen molar-refractivity contribution in [2.24, 2.45) is 13.0 Å². The SMILES string of the molecule is CCCCN(CC(=O)N(Cc1cccn1C)CC(C)C)C(=O)c1ccc(Br)cc1. The molecule has 0 bridgehead atoms. The second kappa shape index (κ2) is 11.2. The van der Waals surface area contributed by atoms with Crippen LogP contribution in [0, 0.1) is 5.92 Å². The molecule has 2 amide bonds. The van der Waals surface area contributed by atoms with Crippen molar-refractivity contribution in [3.05, 3.63) is 58.3 Å². The highest BCUT2D eigenvalue weighted by Gasteiger charge is 2.23. The topological polar surface area (TPSA) is 45.6 Å². The largest absolute Gasteiger partial charge is 0.353 e. The predicted octanol–water partition coefficient (Wildman–Crippen LogP) is 4.71. The van der Waals surface area contributed by atoms with Gasteiger partial charge in [-0.3, -0.25) is 9.59 Å². The number of benzene rings is 1. The van der Waals surface area contributed by atoms with Crippen molar-refractivity contribution >= 4 is 27.7 Å². The molecular formula is C23H32BrN3O2. The maximum absolute atomic E-state index is 13.2. The van der Waals surface area contributed by atoms with E-state index in [1.54, 1.807) is 17.0 Å². The lowest BCUT2D eigenvalue weighted by molar-refractivity contribution is -0.133. The van der Waals surface area contributed by atoms with Gasteiger partial charge in [-0.1, -0.05) is 43.1 Å². The molecule has 0 saturated carbocycles. The van der Waals surface area contributed by atoms with E-state index in [2.05, 4.69) is 36.7 Å². The van der Waals surface area contributed by atoms with Gasteiger partial charge in [-0.05, 0) is 48.7 Å². The molecule has 0 unspecified atom stereocenters. The van der Waals surface area contributed by atoms with Gasteiger partial charge in [0, 0.05) is 42.1 Å². The lowest BCUT2D eigenvalue weighted by atomic mass is 10.1. The lowest BCUT2D eigenvalue weighted by Gasteiger charge is -2.29. The zero-order valence-electron chi connectivity index (χ0n) is 17.9. The molecule has 29 heavy (non-hydrogen) atoms. The zero-order chi connectivity index (χ0) is 21.4. The van der Waals surface area contributed by atoms with Crippen molar-refractivity contribution in [1.82, 2.24) is 14.4 Å². The normalized spacial score (nSPS) is 11.0. The van der Waals surface area contributed by atoms with E-state index in [0.29, 0.717) is 31.1 Å². The Kier molecular flexibility index (Phi) is 8.96. The van der Waals surface area contributed by atoms with E-state index < -0.39 is 0 Å². The Balaban J connectivity index is 2.17. The number of hydrogen-bond donors (Lipinski definition) is 0. The first kappa shape index (κ1) is 23.2. The molecule has 0 N–H and O–H groups in total. The summed E-state index contributed by atoms with van der Waals surface area (Å²) in [7, 11) is 1.98. The molecule has 6 heteroatoms. The third kappa shape index (κ3) is 7.03. The molecule has 2 aromatic rings. The smallest absolute Gasteiger partial charge is 0.254 e. The minimum Gasteiger partial charge on any atom is -0.353 e. The van der Waals surface area contributed by atoms with E-state index in [0.717, 1.165) is 23.0 Å². The summed E-state index contributed by atoms with van der Waals surface area (Å²) in [5.41, 5.74) is 1.69. The van der Waals surface area contributed by atoms with Gasteiger partial charge >= 0.3 is 0 Å². The van der Waals surface area contributed by atoms with Crippen LogP contribution in [0.3, 0.4) is 0 Å². The number of aromatic nitrogens is 1. The van der Waals surface area contributed by atoms with Crippen LogP contribution in [0.1, 0.15) is 49.7 Å². The van der Waals surface area contributed by atoms with Crippen LogP contribution in [0.25, 0.3) is 0 Å². The standard InChI is InChI=1S/C23H32BrN3O2/c1-5-6-14-26(23(29)19-9-11-20(24)12-10-19)17-22(28)27(15-18(2)3)16-21-8-7-13-25(21)4/h7-13,18H,5-6,14-17H2,1-4H3. The summed E-state index contributed by atoms with van der Waals surface area (Å²) in [5.74, 6) is 0.245. The van der Waals surface area contributed by atoms with Crippen molar-refractivity contribution < 1.29 is 9.59 Å². The highest BCUT2D eigenvalue weighted by atomic mass is 79.9. The molecule has 158 valence electrons. The van der Waals surface area contributed by atoms with Gasteiger partial charge in [0.05, 0.1) is 6.54 Å². The van der Waals surface area contributed by atoms with Crippen molar-refractivity contribution in [3.8, 4) is 0 Å². The number of rotatable bonds is 10. The Morgan fingerprint density at radius 1 is 1.10 bits per heavy atom. The number of carbonyl (C=O) groups is 2. The Bertz CT molecular complexity index is 799. The van der Waals surface area contributed by atoms with Gasteiger partial charge in [-0.2, -0.15) is 0 Å². The Morgan fingerprint density at radius 3 is 2.34 bits per heavy atom. The maximum atomic E-state index is 13.2. The monoisotopic (exact) mass is 461 g/mol. The van der Waals surface area contributed by atoms with Crippen molar-refractivity contribution in [1.29, 1.82) is 0 Å². The fourth-order valence-electron chi connectivity index (χ4n) is 3.19. The van der Waals surface area contributed by atoms with Crippen LogP contribution < -0.4 is 0 Å². The predicted molar refractivity (Wildman–Crippen MR) is 121 cm³/mol. The number of hydrogen-bond acceptors (Lipinski definition) is 2. The Hall–Kier alpha value is -2.08. The molecule has 0 saturated heterocycles. The van der Waals surface area contributed by atoms with Crippen LogP contribution in [-0.4, -0.2) is 45.8 Å². The molecule has 0 fully saturated rings. The molecule has 0 atom stereocenters. The Labute approximate surface area is 182 Å². The van der Waals surface area contributed by atoms with Crippen molar-refractivity contribution in [2.75, 3.05) is 19.6 Å². The first-order valence-corrected chi connectivity index (χ1v) is 11.0. The van der Waals surface area contributed by atoms with Gasteiger partial charge < -0.3 is 14.4 Å². The van der Waals surface area contributed by atoms with Crippen molar-refractivity contribution in [2.45, 2.75) is 40.2 Å². The van der Waals surface area contributed by atoms with E-state index in [1.807, 2.05) is 47.0 Å². The molecule has 1 aromatic heterocycles. The number of aryl methyl sites for hydroxylation is 1. The molecule has 2 rings (SSSR count). The molecule has 1 heterocycles. The minimum absolute atomic E-state index is 0.0125. The molecular weight excluding hydrogens is 430 g/mol. The highest BCUT2D eigenvalue weighted by molar-refractivity contribution is 9.10. The van der Waals surface area contributed by atoms with E-state index >= 15 is 0 Å². The van der Waals surface area contributed by atoms with Crippen LogP contribution in [-0.2, 0) is 18.4 Å². The fraction of sp³-hybridized carbons (Fsp3) is 0.478. The van der Waals surface area contributed by atoms with Crippen molar-refractivity contribution in [3.63, 3.8) is 0 Å². The maximum Gasteiger partial charge on any atom is 0.254 e. The van der Waals surface area contributed by atoms with E-state index in [1.165, 1.54) is 0 Å². The molecule has 0 aliphatic carbocycles. The van der Waals surface area contributed by atoms with E-state index in [-0.39, 0.29) is 18.4 Å². The Morgan fingerprint density at radius 2 is 1.79 bits per heavy atom. The van der Waals surface area contributed by atoms with E-state index in [9.17, 15) is 9.59 Å². The van der Waals surface area contributed by atoms with Crippen LogP contribution in [0.2, 0.25) is 0 Å². The summed E-state index contributed by atoms with van der Waals surface area (Å²) in [5, 5.41) is 0. The summed E-state index contributed by atoms with van der Waals surface area (Å²) in [6.07, 6.45) is 3.83. The van der Waals surface area contributed by atoms with Gasteiger partial charge in [0.15, 0.2) is 0 Å². The molecule has 0 aliphatic rings. The lowest BCUT2D eigenvalue weighted by Crippen LogP contribution is -2.44. The number of nitrogens with zero attached hydrogens (tertiary/aromatic N) is 3. The average Bonchev–Trinajstić information content (AvgIpc) is 3.08. The average molecular weight is 462 g/mol. The molecule has 0 spiro atoms. The van der Waals surface area contributed by atoms with Crippen LogP contribution in [0.5, 0.6) is 0 Å². The van der Waals surface area contributed by atoms with E-state index in [4.69, 9.17) is 0 Å². The second-order valence-electron chi connectivity index (χ2n) is 7.87. The van der Waals surface area contributed by atoms with Gasteiger partial charge in [-0.25, -0.2) is 0 Å². The molecule has 5 nitrogen and oxygen atoms in total. The third-order valence-electron chi connectivity index (χ3n) is 4.83. The number of halogens is 1. The molecule has 0 aliphatic heterocycles. The number of carbonyl (C=O) groups excluding carboxylic acids is 2. The first-order valence-electron chi connectivity index (χ1n) is 10.2. The third-order valence-corrected chi connectivity index (χ3v) is 5.36. The molecule has 1 aromatic carbocycles. The zero-order valence-corrected chi connectivity index (χ0v) is 19.5. The second-order valence-corrected chi connectivity index (χ2v) is 8.78. The van der Waals surface area contributed by atoms with Crippen LogP contribution in [0.4, 0.5) is 0 Å². The molecule has 0 radical (unpaired) electrons. The van der Waals surface area contributed by atoms with Crippen LogP contribution >= 0.6 is 15.9 Å². The minimum atomic E-state index is -0.0948. The van der Waals surface area contributed by atoms with Crippen LogP contribution in [0.15, 0.2) is 47.1 Å². The van der Waals surface area contributed by atoms with Gasteiger partial charge in [0.1, 0.15) is 6.54 Å². The first-order chi connectivity index (χ1) is 13.8. The summed E-state index contributed by atoms with van der Waals surface area (Å²) in [4.78, 5) is 29.8. The quantitative estimate of drug-likeness (QED) is 0.513. The number of unbranched alkanes of at least 4 members (excludes halogenated alkanes) is 1. The summed E-state index contributed by atoms with van der Waals surface area (Å²) in [6.45, 7) is 8.19. The summed E-state index contributed by atoms with van der Waals surface area (Å²) < 4.78 is 2.96. The number of amides is 2. The summed E-state index contributed by atoms with van der Waals surface area (Å²) in [6, 6.07) is 11.3. The fourth-order valence-corrected chi connectivity index (χ4v) is 3.46.